The van der Waals surface area contributed by atoms with Crippen LogP contribution in [0.15, 0.2) is 54.6 Å². The molecule has 3 aromatic rings. The molecule has 23 heavy (non-hydrogen) atoms. The van der Waals surface area contributed by atoms with E-state index >= 15 is 0 Å². The molecule has 7 heteroatoms. The van der Waals surface area contributed by atoms with Crippen molar-refractivity contribution in [2.45, 2.75) is 0 Å². The number of carboxylic acids is 1. The lowest BCUT2D eigenvalue weighted by Crippen LogP contribution is -2.25. The summed E-state index contributed by atoms with van der Waals surface area (Å²) in [6, 6.07) is 16.0. The highest BCUT2D eigenvalue weighted by atomic mass is 32.2. The number of benzene rings is 2. The van der Waals surface area contributed by atoms with Crippen molar-refractivity contribution in [2.75, 3.05) is 11.1 Å². The highest BCUT2D eigenvalue weighted by Gasteiger charge is 2.24. The van der Waals surface area contributed by atoms with Gasteiger partial charge in [-0.2, -0.15) is 0 Å². The number of fused-ring (bicyclic) bond motifs is 1. The third kappa shape index (κ3) is 2.78. The quantitative estimate of drug-likeness (QED) is 0.769. The Hall–Kier alpha value is -2.80. The minimum absolute atomic E-state index is 0.122. The number of nitrogens with one attached hydrogen (secondary N) is 1. The van der Waals surface area contributed by atoms with Crippen LogP contribution < -0.4 is 4.83 Å². The summed E-state index contributed by atoms with van der Waals surface area (Å²) in [5.74, 6) is -1.21. The van der Waals surface area contributed by atoms with E-state index in [1.807, 2.05) is 6.07 Å². The highest BCUT2D eigenvalue weighted by molar-refractivity contribution is 7.91. The predicted octanol–water partition coefficient (Wildman–Crippen LogP) is 2.51. The second-order valence-corrected chi connectivity index (χ2v) is 6.84. The number of rotatable bonds is 4. The van der Waals surface area contributed by atoms with E-state index in [4.69, 9.17) is 0 Å². The van der Waals surface area contributed by atoms with E-state index in [-0.39, 0.29) is 5.69 Å². The van der Waals surface area contributed by atoms with Crippen molar-refractivity contribution in [1.82, 2.24) is 4.68 Å². The van der Waals surface area contributed by atoms with Gasteiger partial charge in [-0.15, -0.1) is 0 Å². The number of aromatic carboxylic acids is 1. The van der Waals surface area contributed by atoms with Gasteiger partial charge in [0.2, 0.25) is 10.0 Å². The van der Waals surface area contributed by atoms with E-state index in [2.05, 4.69) is 4.83 Å². The first-order valence-corrected chi connectivity index (χ1v) is 8.67. The van der Waals surface area contributed by atoms with E-state index in [0.29, 0.717) is 22.0 Å². The molecular weight excluding hydrogens is 316 g/mol. The average molecular weight is 330 g/mol. The van der Waals surface area contributed by atoms with Crippen molar-refractivity contribution >= 4 is 26.9 Å². The molecule has 1 heterocycles. The Kier molecular flexibility index (Phi) is 3.57. The zero-order chi connectivity index (χ0) is 16.6. The molecular formula is C16H14N2O4S. The van der Waals surface area contributed by atoms with E-state index in [0.717, 1.165) is 10.9 Å². The Morgan fingerprint density at radius 1 is 1.04 bits per heavy atom. The third-order valence-electron chi connectivity index (χ3n) is 3.40. The Morgan fingerprint density at radius 3 is 2.26 bits per heavy atom. The van der Waals surface area contributed by atoms with Gasteiger partial charge in [0.05, 0.1) is 11.8 Å². The molecule has 118 valence electrons. The molecule has 0 fully saturated rings. The third-order valence-corrected chi connectivity index (χ3v) is 3.91. The number of hydrogen-bond donors (Lipinski definition) is 2. The van der Waals surface area contributed by atoms with Gasteiger partial charge in [-0.05, 0) is 11.6 Å². The van der Waals surface area contributed by atoms with Crippen LogP contribution in [0.1, 0.15) is 10.5 Å². The highest BCUT2D eigenvalue weighted by Crippen LogP contribution is 2.34. The molecule has 0 aliphatic carbocycles. The maximum atomic E-state index is 11.8. The molecule has 0 saturated carbocycles. The summed E-state index contributed by atoms with van der Waals surface area (Å²) in [5.41, 5.74) is 1.54. The smallest absolute Gasteiger partial charge is 0.355 e. The van der Waals surface area contributed by atoms with Gasteiger partial charge in [0.15, 0.2) is 5.69 Å². The predicted molar refractivity (Wildman–Crippen MR) is 88.5 cm³/mol. The topological polar surface area (TPSA) is 88.4 Å². The summed E-state index contributed by atoms with van der Waals surface area (Å²) in [6.07, 6.45) is 0.982. The molecule has 2 aromatic carbocycles. The van der Waals surface area contributed by atoms with Gasteiger partial charge in [0.25, 0.3) is 0 Å². The molecule has 0 radical (unpaired) electrons. The maximum absolute atomic E-state index is 11.8. The van der Waals surface area contributed by atoms with Crippen molar-refractivity contribution < 1.29 is 18.3 Å². The van der Waals surface area contributed by atoms with Crippen LogP contribution in [-0.4, -0.2) is 30.4 Å². The van der Waals surface area contributed by atoms with Gasteiger partial charge in [-0.1, -0.05) is 48.5 Å². The van der Waals surface area contributed by atoms with Crippen LogP contribution in [-0.2, 0) is 10.0 Å². The molecule has 0 unspecified atom stereocenters. The Morgan fingerprint density at radius 2 is 1.65 bits per heavy atom. The monoisotopic (exact) mass is 330 g/mol. The molecule has 6 nitrogen and oxygen atoms in total. The fourth-order valence-corrected chi connectivity index (χ4v) is 3.12. The molecule has 0 aliphatic heterocycles. The van der Waals surface area contributed by atoms with E-state index in [1.54, 1.807) is 48.5 Å². The Bertz CT molecular complexity index is 992. The van der Waals surface area contributed by atoms with Crippen LogP contribution in [0.4, 0.5) is 0 Å². The summed E-state index contributed by atoms with van der Waals surface area (Å²) in [5, 5.41) is 10.3. The van der Waals surface area contributed by atoms with Crippen LogP contribution >= 0.6 is 0 Å². The summed E-state index contributed by atoms with van der Waals surface area (Å²) in [6.45, 7) is 0. The zero-order valence-corrected chi connectivity index (χ0v) is 13.0. The van der Waals surface area contributed by atoms with Crippen LogP contribution in [0.3, 0.4) is 0 Å². The van der Waals surface area contributed by atoms with E-state index in [9.17, 15) is 18.3 Å². The number of aromatic nitrogens is 1. The van der Waals surface area contributed by atoms with E-state index < -0.39 is 16.0 Å². The van der Waals surface area contributed by atoms with Gasteiger partial charge in [0, 0.05) is 10.9 Å². The number of para-hydroxylation sites is 1. The SMILES string of the molecule is CS(=O)(=O)Nn1c(C(=O)O)c(-c2ccccc2)c2ccccc21. The first-order chi connectivity index (χ1) is 10.9. The summed E-state index contributed by atoms with van der Waals surface area (Å²) < 4.78 is 24.4. The maximum Gasteiger partial charge on any atom is 0.355 e. The van der Waals surface area contributed by atoms with E-state index in [1.165, 1.54) is 0 Å². The van der Waals surface area contributed by atoms with Gasteiger partial charge in [-0.3, -0.25) is 0 Å². The number of nitrogens with zero attached hydrogens (tertiary/aromatic N) is 1. The van der Waals surface area contributed by atoms with Gasteiger partial charge in [-0.25, -0.2) is 22.7 Å². The molecule has 3 rings (SSSR count). The first-order valence-electron chi connectivity index (χ1n) is 6.78. The van der Waals surface area contributed by atoms with Crippen LogP contribution in [0, 0.1) is 0 Å². The number of carbonyl (C=O) groups is 1. The van der Waals surface area contributed by atoms with Crippen LogP contribution in [0.25, 0.3) is 22.0 Å². The number of hydrogen-bond acceptors (Lipinski definition) is 3. The lowest BCUT2D eigenvalue weighted by molar-refractivity contribution is 0.0689. The largest absolute Gasteiger partial charge is 0.476 e. The number of sulfonamides is 1. The normalized spacial score (nSPS) is 11.5. The minimum Gasteiger partial charge on any atom is -0.476 e. The molecule has 1 aromatic heterocycles. The number of carboxylic acid groups (broad SMARTS) is 1. The second-order valence-electron chi connectivity index (χ2n) is 5.11. The Labute approximate surface area is 133 Å². The molecule has 0 bridgehead atoms. The lowest BCUT2D eigenvalue weighted by atomic mass is 10.0. The van der Waals surface area contributed by atoms with Crippen molar-refractivity contribution in [1.29, 1.82) is 0 Å². The molecule has 0 amide bonds. The van der Waals surface area contributed by atoms with Gasteiger partial charge >= 0.3 is 5.97 Å². The summed E-state index contributed by atoms with van der Waals surface area (Å²) in [7, 11) is -3.64. The fourth-order valence-electron chi connectivity index (χ4n) is 2.60. The molecule has 2 N–H and O–H groups in total. The van der Waals surface area contributed by atoms with Crippen molar-refractivity contribution in [2.24, 2.45) is 0 Å². The van der Waals surface area contributed by atoms with Crippen molar-refractivity contribution in [3.05, 3.63) is 60.3 Å². The molecule has 0 aliphatic rings. The first kappa shape index (κ1) is 15.1. The molecule has 0 saturated heterocycles. The summed E-state index contributed by atoms with van der Waals surface area (Å²) >= 11 is 0. The van der Waals surface area contributed by atoms with Gasteiger partial charge in [0.1, 0.15) is 0 Å². The van der Waals surface area contributed by atoms with Crippen molar-refractivity contribution in [3.63, 3.8) is 0 Å². The zero-order valence-electron chi connectivity index (χ0n) is 12.2. The fraction of sp³-hybridized carbons (Fsp3) is 0.0625. The molecule has 0 atom stereocenters. The summed E-state index contributed by atoms with van der Waals surface area (Å²) in [4.78, 5) is 14.1. The van der Waals surface area contributed by atoms with Crippen LogP contribution in [0.5, 0.6) is 0 Å². The minimum atomic E-state index is -3.64. The van der Waals surface area contributed by atoms with Gasteiger partial charge < -0.3 is 5.11 Å². The molecule has 0 spiro atoms. The lowest BCUT2D eigenvalue weighted by Gasteiger charge is -2.10. The second kappa shape index (κ2) is 5.44. The van der Waals surface area contributed by atoms with Crippen LogP contribution in [0.2, 0.25) is 0 Å². The standard InChI is InChI=1S/C16H14N2O4S/c1-23(21,22)17-18-13-10-6-5-9-12(13)14(15(18)16(19)20)11-7-3-2-4-8-11/h2-10,17H,1H3,(H,19,20). The van der Waals surface area contributed by atoms with Crippen molar-refractivity contribution in [3.8, 4) is 11.1 Å². The average Bonchev–Trinajstić information content (AvgIpc) is 2.81. The Balaban J connectivity index is 2.44.